The fourth-order valence-electron chi connectivity index (χ4n) is 7.71. The number of alkyl halides is 3. The van der Waals surface area contributed by atoms with Crippen molar-refractivity contribution in [3.63, 3.8) is 0 Å². The molecule has 8 heteroatoms. The van der Waals surface area contributed by atoms with Crippen LogP contribution in [0.2, 0.25) is 0 Å². The molecule has 1 amide bonds. The van der Waals surface area contributed by atoms with Gasteiger partial charge in [-0.15, -0.1) is 0 Å². The number of piperidine rings is 1. The molecule has 3 atom stereocenters. The van der Waals surface area contributed by atoms with Crippen molar-refractivity contribution in [3.8, 4) is 0 Å². The Labute approximate surface area is 238 Å². The second-order valence-electron chi connectivity index (χ2n) is 13.3. The predicted octanol–water partition coefficient (Wildman–Crippen LogP) is 6.56. The van der Waals surface area contributed by atoms with Gasteiger partial charge in [0.1, 0.15) is 0 Å². The number of benzene rings is 1. The predicted molar refractivity (Wildman–Crippen MR) is 153 cm³/mol. The van der Waals surface area contributed by atoms with E-state index in [2.05, 4.69) is 37.5 Å². The summed E-state index contributed by atoms with van der Waals surface area (Å²) in [4.78, 5) is 20.8. The van der Waals surface area contributed by atoms with Crippen LogP contribution in [0.3, 0.4) is 0 Å². The molecule has 5 rings (SSSR count). The lowest BCUT2D eigenvalue weighted by atomic mass is 9.79. The van der Waals surface area contributed by atoms with Gasteiger partial charge in [-0.25, -0.2) is 0 Å². The Morgan fingerprint density at radius 3 is 2.35 bits per heavy atom. The third kappa shape index (κ3) is 6.04. The van der Waals surface area contributed by atoms with E-state index < -0.39 is 17.2 Å². The van der Waals surface area contributed by atoms with E-state index in [1.807, 2.05) is 4.90 Å². The third-order valence-corrected chi connectivity index (χ3v) is 10.6. The zero-order valence-corrected chi connectivity index (χ0v) is 24.8. The van der Waals surface area contributed by atoms with Gasteiger partial charge in [0.2, 0.25) is 5.91 Å². The highest BCUT2D eigenvalue weighted by atomic mass is 19.4. The molecular formula is C32H48F3N3O2. The molecule has 3 aliphatic heterocycles. The molecule has 3 saturated heterocycles. The van der Waals surface area contributed by atoms with E-state index in [0.29, 0.717) is 31.2 Å². The highest BCUT2D eigenvalue weighted by Gasteiger charge is 2.50. The lowest BCUT2D eigenvalue weighted by Gasteiger charge is -2.36. The summed E-state index contributed by atoms with van der Waals surface area (Å²) in [5.41, 5.74) is 0.668. The number of likely N-dealkylation sites (tertiary alicyclic amines) is 2. The van der Waals surface area contributed by atoms with Crippen LogP contribution in [0, 0.1) is 17.3 Å². The molecule has 0 N–H and O–H groups in total. The zero-order chi connectivity index (χ0) is 28.7. The molecule has 5 nitrogen and oxygen atoms in total. The van der Waals surface area contributed by atoms with E-state index in [1.54, 1.807) is 6.07 Å². The minimum absolute atomic E-state index is 0.0610. The summed E-state index contributed by atoms with van der Waals surface area (Å²) in [5.74, 6) is 1.14. The van der Waals surface area contributed by atoms with Crippen molar-refractivity contribution in [2.45, 2.75) is 96.9 Å². The van der Waals surface area contributed by atoms with Crippen molar-refractivity contribution in [1.29, 1.82) is 0 Å². The van der Waals surface area contributed by atoms with Crippen molar-refractivity contribution < 1.29 is 22.7 Å². The van der Waals surface area contributed by atoms with Crippen molar-refractivity contribution in [1.82, 2.24) is 9.80 Å². The minimum Gasteiger partial charge on any atom is -0.379 e. The third-order valence-electron chi connectivity index (χ3n) is 10.6. The van der Waals surface area contributed by atoms with Crippen molar-refractivity contribution in [3.05, 3.63) is 29.3 Å². The summed E-state index contributed by atoms with van der Waals surface area (Å²) in [6.07, 6.45) is 3.22. The Morgan fingerprint density at radius 1 is 1.00 bits per heavy atom. The molecule has 1 aliphatic carbocycles. The van der Waals surface area contributed by atoms with Gasteiger partial charge >= 0.3 is 6.18 Å². The number of carbonyl (C=O) groups is 1. The molecule has 2 unspecified atom stereocenters. The van der Waals surface area contributed by atoms with Gasteiger partial charge < -0.3 is 14.5 Å². The Morgan fingerprint density at radius 2 is 1.70 bits per heavy atom. The van der Waals surface area contributed by atoms with E-state index in [9.17, 15) is 18.0 Å². The van der Waals surface area contributed by atoms with E-state index in [1.165, 1.54) is 12.1 Å². The highest BCUT2D eigenvalue weighted by molar-refractivity contribution is 5.84. The number of hydrogen-bond acceptors (Lipinski definition) is 4. The summed E-state index contributed by atoms with van der Waals surface area (Å²) in [6, 6.07) is 4.79. The fourth-order valence-corrected chi connectivity index (χ4v) is 7.71. The number of halogens is 3. The first kappa shape index (κ1) is 29.7. The second kappa shape index (κ2) is 11.8. The SMILES string of the molecule is CCOC1CCC(N2C[C@@H](C)C(C)(C(=O)N3CCC(c4ccc(C(F)(F)F)cc4N4CCC(C)CC4)C3)C2)CC1. The van der Waals surface area contributed by atoms with Crippen LogP contribution in [0.5, 0.6) is 0 Å². The highest BCUT2D eigenvalue weighted by Crippen LogP contribution is 2.44. The summed E-state index contributed by atoms with van der Waals surface area (Å²) in [5, 5.41) is 0. The molecular weight excluding hydrogens is 515 g/mol. The quantitative estimate of drug-likeness (QED) is 0.393. The van der Waals surface area contributed by atoms with Crippen molar-refractivity contribution in [2.24, 2.45) is 17.3 Å². The second-order valence-corrected chi connectivity index (χ2v) is 13.3. The molecule has 4 fully saturated rings. The lowest BCUT2D eigenvalue weighted by molar-refractivity contribution is -0.141. The molecule has 40 heavy (non-hydrogen) atoms. The smallest absolute Gasteiger partial charge is 0.379 e. The van der Waals surface area contributed by atoms with Crippen molar-refractivity contribution in [2.75, 3.05) is 50.8 Å². The molecule has 1 aromatic rings. The standard InChI is InChI=1S/C32H48F3N3O2/c1-5-40-27-9-7-26(8-10-27)38-19-23(3)31(4,21-38)30(39)37-17-14-24(20-37)28-11-6-25(32(33,34)35)18-29(28)36-15-12-22(2)13-16-36/h6,11,18,22-24,26-27H,5,7-10,12-17,19-21H2,1-4H3/t23-,24?,26?,27?,31?/m1/s1. The number of ether oxygens (including phenoxy) is 1. The van der Waals surface area contributed by atoms with Gasteiger partial charge in [0.05, 0.1) is 17.1 Å². The summed E-state index contributed by atoms with van der Waals surface area (Å²) in [6.45, 7) is 13.9. The lowest BCUT2D eigenvalue weighted by Crippen LogP contribution is -2.46. The molecule has 0 spiro atoms. The van der Waals surface area contributed by atoms with Gasteiger partial charge in [-0.3, -0.25) is 9.69 Å². The number of nitrogens with zero attached hydrogens (tertiary/aromatic N) is 3. The topological polar surface area (TPSA) is 36.0 Å². The average molecular weight is 564 g/mol. The van der Waals surface area contributed by atoms with Gasteiger partial charge in [-0.2, -0.15) is 13.2 Å². The number of amides is 1. The van der Waals surface area contributed by atoms with Crippen LogP contribution >= 0.6 is 0 Å². The first-order chi connectivity index (χ1) is 19.0. The van der Waals surface area contributed by atoms with Crippen LogP contribution in [-0.2, 0) is 15.7 Å². The maximum absolute atomic E-state index is 14.1. The molecule has 1 aromatic carbocycles. The Bertz CT molecular complexity index is 1030. The first-order valence-corrected chi connectivity index (χ1v) is 15.6. The first-order valence-electron chi connectivity index (χ1n) is 15.6. The van der Waals surface area contributed by atoms with Gasteiger partial charge in [0, 0.05) is 63.5 Å². The Kier molecular flexibility index (Phi) is 8.78. The molecule has 0 aromatic heterocycles. The monoisotopic (exact) mass is 563 g/mol. The normalized spacial score (nSPS) is 32.7. The van der Waals surface area contributed by atoms with E-state index >= 15 is 0 Å². The van der Waals surface area contributed by atoms with Gasteiger partial charge in [0.25, 0.3) is 0 Å². The maximum Gasteiger partial charge on any atom is 0.416 e. The van der Waals surface area contributed by atoms with Crippen molar-refractivity contribution >= 4 is 11.6 Å². The van der Waals surface area contributed by atoms with E-state index in [0.717, 1.165) is 89.0 Å². The molecule has 224 valence electrons. The number of hydrogen-bond donors (Lipinski definition) is 0. The number of anilines is 1. The van der Waals surface area contributed by atoms with Crippen LogP contribution in [0.25, 0.3) is 0 Å². The molecule has 3 heterocycles. The largest absolute Gasteiger partial charge is 0.416 e. The number of rotatable bonds is 6. The van der Waals surface area contributed by atoms with Crippen LogP contribution < -0.4 is 4.90 Å². The van der Waals surface area contributed by atoms with Gasteiger partial charge in [-0.1, -0.05) is 19.9 Å². The van der Waals surface area contributed by atoms with Crippen LogP contribution in [0.4, 0.5) is 18.9 Å². The van der Waals surface area contributed by atoms with Crippen LogP contribution in [0.1, 0.15) is 89.7 Å². The van der Waals surface area contributed by atoms with Gasteiger partial charge in [-0.05, 0) is 88.3 Å². The Hall–Kier alpha value is -1.80. The summed E-state index contributed by atoms with van der Waals surface area (Å²) < 4.78 is 46.8. The fraction of sp³-hybridized carbons (Fsp3) is 0.781. The van der Waals surface area contributed by atoms with E-state index in [-0.39, 0.29) is 17.7 Å². The van der Waals surface area contributed by atoms with Crippen LogP contribution in [0.15, 0.2) is 18.2 Å². The zero-order valence-electron chi connectivity index (χ0n) is 24.8. The molecule has 0 radical (unpaired) electrons. The van der Waals surface area contributed by atoms with Crippen LogP contribution in [-0.4, -0.2) is 73.7 Å². The Balaban J connectivity index is 1.28. The maximum atomic E-state index is 14.1. The molecule has 0 bridgehead atoms. The van der Waals surface area contributed by atoms with Gasteiger partial charge in [0.15, 0.2) is 0 Å². The molecule has 4 aliphatic rings. The van der Waals surface area contributed by atoms with E-state index in [4.69, 9.17) is 4.74 Å². The average Bonchev–Trinajstić information content (AvgIpc) is 3.54. The number of carbonyl (C=O) groups excluding carboxylic acids is 1. The minimum atomic E-state index is -4.37. The summed E-state index contributed by atoms with van der Waals surface area (Å²) in [7, 11) is 0. The molecule has 1 saturated carbocycles. The summed E-state index contributed by atoms with van der Waals surface area (Å²) >= 11 is 0.